The van der Waals surface area contributed by atoms with E-state index in [2.05, 4.69) is 27.4 Å². The van der Waals surface area contributed by atoms with Gasteiger partial charge < -0.3 is 4.74 Å². The highest BCUT2D eigenvalue weighted by molar-refractivity contribution is 5.86. The fourth-order valence-electron chi connectivity index (χ4n) is 0.891. The zero-order chi connectivity index (χ0) is 10.5. The Morgan fingerprint density at radius 1 is 1.38 bits per heavy atom. The van der Waals surface area contributed by atoms with Crippen molar-refractivity contribution in [1.82, 2.24) is 0 Å². The summed E-state index contributed by atoms with van der Waals surface area (Å²) in [5, 5.41) is 0. The van der Waals surface area contributed by atoms with Gasteiger partial charge in [-0.1, -0.05) is 27.4 Å². The van der Waals surface area contributed by atoms with Crippen LogP contribution in [0.15, 0.2) is 12.2 Å². The summed E-state index contributed by atoms with van der Waals surface area (Å²) in [7, 11) is 0. The molecular weight excluding hydrogens is 164 g/mol. The minimum absolute atomic E-state index is 0.283. The van der Waals surface area contributed by atoms with E-state index in [4.69, 9.17) is 4.74 Å². The van der Waals surface area contributed by atoms with Crippen LogP contribution < -0.4 is 0 Å². The summed E-state index contributed by atoms with van der Waals surface area (Å²) in [6.45, 7) is 12.2. The molecule has 2 heteroatoms. The van der Waals surface area contributed by atoms with E-state index in [0.29, 0.717) is 17.6 Å². The maximum Gasteiger partial charge on any atom is 0.333 e. The molecule has 0 aliphatic carbocycles. The van der Waals surface area contributed by atoms with E-state index < -0.39 is 0 Å². The zero-order valence-corrected chi connectivity index (χ0v) is 9.14. The normalized spacial score (nSPS) is 11.1. The summed E-state index contributed by atoms with van der Waals surface area (Å²) in [6, 6.07) is 0. The Morgan fingerprint density at radius 2 is 1.92 bits per heavy atom. The highest BCUT2D eigenvalue weighted by atomic mass is 16.5. The van der Waals surface area contributed by atoms with Gasteiger partial charge in [-0.25, -0.2) is 4.79 Å². The van der Waals surface area contributed by atoms with Crippen molar-refractivity contribution in [3.05, 3.63) is 12.2 Å². The number of esters is 1. The topological polar surface area (TPSA) is 26.3 Å². The quantitative estimate of drug-likeness (QED) is 0.381. The van der Waals surface area contributed by atoms with Crippen LogP contribution in [0.2, 0.25) is 0 Å². The number of hydrogen-bond donors (Lipinski definition) is 0. The lowest BCUT2D eigenvalue weighted by Crippen LogP contribution is -2.10. The van der Waals surface area contributed by atoms with Crippen LogP contribution in [0.5, 0.6) is 0 Å². The fourth-order valence-corrected chi connectivity index (χ4v) is 0.891. The molecule has 0 bridgehead atoms. The monoisotopic (exact) mass is 184 g/mol. The Labute approximate surface area is 81.0 Å². The lowest BCUT2D eigenvalue weighted by Gasteiger charge is -2.17. The van der Waals surface area contributed by atoms with Crippen LogP contribution in [0.25, 0.3) is 0 Å². The molecule has 0 spiro atoms. The van der Waals surface area contributed by atoms with Crippen molar-refractivity contribution in [2.24, 2.45) is 5.41 Å². The summed E-state index contributed by atoms with van der Waals surface area (Å²) >= 11 is 0. The van der Waals surface area contributed by atoms with Crippen molar-refractivity contribution in [3.63, 3.8) is 0 Å². The summed E-state index contributed by atoms with van der Waals surface area (Å²) in [5.74, 6) is -0.283. The molecule has 0 aromatic carbocycles. The van der Waals surface area contributed by atoms with Crippen LogP contribution >= 0.6 is 0 Å². The Kier molecular flexibility index (Phi) is 4.74. The molecule has 0 rings (SSSR count). The van der Waals surface area contributed by atoms with Crippen LogP contribution in [0, 0.1) is 5.41 Å². The minimum Gasteiger partial charge on any atom is -0.462 e. The average molecular weight is 184 g/mol. The maximum atomic E-state index is 10.9. The van der Waals surface area contributed by atoms with Gasteiger partial charge >= 0.3 is 5.97 Å². The van der Waals surface area contributed by atoms with Crippen LogP contribution in [0.3, 0.4) is 0 Å². The molecule has 76 valence electrons. The molecule has 0 radical (unpaired) electrons. The number of hydrogen-bond acceptors (Lipinski definition) is 2. The van der Waals surface area contributed by atoms with Gasteiger partial charge in [0.15, 0.2) is 0 Å². The molecule has 0 fully saturated rings. The first-order valence-electron chi connectivity index (χ1n) is 4.65. The molecule has 0 aliphatic heterocycles. The molecule has 0 amide bonds. The summed E-state index contributed by atoms with van der Waals surface area (Å²) in [4.78, 5) is 10.9. The standard InChI is InChI=1S/C11H20O2/c1-9(2)10(12)13-8-6-7-11(3,4)5/h1,6-8H2,2-5H3. The van der Waals surface area contributed by atoms with Crippen LogP contribution in [-0.2, 0) is 9.53 Å². The summed E-state index contributed by atoms with van der Waals surface area (Å²) in [6.07, 6.45) is 1.99. The SMILES string of the molecule is C=C(C)C(=O)OCCCC(C)(C)C. The predicted molar refractivity (Wildman–Crippen MR) is 54.5 cm³/mol. The molecule has 0 N–H and O–H groups in total. The van der Waals surface area contributed by atoms with Gasteiger partial charge in [-0.15, -0.1) is 0 Å². The second-order valence-electron chi connectivity index (χ2n) is 4.58. The van der Waals surface area contributed by atoms with Crippen LogP contribution in [-0.4, -0.2) is 12.6 Å². The van der Waals surface area contributed by atoms with E-state index in [1.807, 2.05) is 0 Å². The van der Waals surface area contributed by atoms with Crippen molar-refractivity contribution in [2.45, 2.75) is 40.5 Å². The van der Waals surface area contributed by atoms with Gasteiger partial charge in [-0.2, -0.15) is 0 Å². The van der Waals surface area contributed by atoms with Crippen LogP contribution in [0.1, 0.15) is 40.5 Å². The molecule has 2 nitrogen and oxygen atoms in total. The van der Waals surface area contributed by atoms with Gasteiger partial charge in [0.05, 0.1) is 6.61 Å². The molecule has 0 heterocycles. The predicted octanol–water partition coefficient (Wildman–Crippen LogP) is 2.93. The molecule has 0 aromatic heterocycles. The number of ether oxygens (including phenoxy) is 1. The zero-order valence-electron chi connectivity index (χ0n) is 9.14. The van der Waals surface area contributed by atoms with Crippen LogP contribution in [0.4, 0.5) is 0 Å². The molecule has 0 atom stereocenters. The summed E-state index contributed by atoms with van der Waals surface area (Å²) in [5.41, 5.74) is 0.783. The maximum absolute atomic E-state index is 10.9. The molecule has 0 unspecified atom stereocenters. The van der Waals surface area contributed by atoms with Gasteiger partial charge in [0, 0.05) is 5.57 Å². The third-order valence-corrected chi connectivity index (χ3v) is 1.65. The molecule has 0 saturated heterocycles. The smallest absolute Gasteiger partial charge is 0.333 e. The van der Waals surface area contributed by atoms with Crippen molar-refractivity contribution in [3.8, 4) is 0 Å². The van der Waals surface area contributed by atoms with Gasteiger partial charge in [0.1, 0.15) is 0 Å². The van der Waals surface area contributed by atoms with E-state index in [-0.39, 0.29) is 5.97 Å². The van der Waals surface area contributed by atoms with E-state index in [9.17, 15) is 4.79 Å². The van der Waals surface area contributed by atoms with Gasteiger partial charge in [-0.05, 0) is 25.2 Å². The number of rotatable bonds is 4. The first-order chi connectivity index (χ1) is 5.83. The molecule has 0 saturated carbocycles. The Morgan fingerprint density at radius 3 is 2.31 bits per heavy atom. The van der Waals surface area contributed by atoms with E-state index in [0.717, 1.165) is 12.8 Å². The lowest BCUT2D eigenvalue weighted by atomic mass is 9.91. The number of carbonyl (C=O) groups is 1. The van der Waals surface area contributed by atoms with E-state index >= 15 is 0 Å². The Balaban J connectivity index is 3.47. The Hall–Kier alpha value is -0.790. The first kappa shape index (κ1) is 12.2. The molecule has 0 aliphatic rings. The second-order valence-corrected chi connectivity index (χ2v) is 4.58. The third-order valence-electron chi connectivity index (χ3n) is 1.65. The lowest BCUT2D eigenvalue weighted by molar-refractivity contribution is -0.139. The average Bonchev–Trinajstić information content (AvgIpc) is 1.95. The van der Waals surface area contributed by atoms with Gasteiger partial charge in [0.25, 0.3) is 0 Å². The van der Waals surface area contributed by atoms with Crippen molar-refractivity contribution in [1.29, 1.82) is 0 Å². The Bertz CT molecular complexity index is 187. The molecule has 13 heavy (non-hydrogen) atoms. The van der Waals surface area contributed by atoms with Gasteiger partial charge in [-0.3, -0.25) is 0 Å². The third kappa shape index (κ3) is 7.57. The van der Waals surface area contributed by atoms with Crippen molar-refractivity contribution in [2.75, 3.05) is 6.61 Å². The molecular formula is C11H20O2. The van der Waals surface area contributed by atoms with Gasteiger partial charge in [0.2, 0.25) is 0 Å². The molecule has 0 aromatic rings. The van der Waals surface area contributed by atoms with E-state index in [1.165, 1.54) is 0 Å². The minimum atomic E-state index is -0.283. The highest BCUT2D eigenvalue weighted by Crippen LogP contribution is 2.20. The summed E-state index contributed by atoms with van der Waals surface area (Å²) < 4.78 is 4.96. The fraction of sp³-hybridized carbons (Fsp3) is 0.727. The van der Waals surface area contributed by atoms with Crippen molar-refractivity contribution >= 4 is 5.97 Å². The first-order valence-corrected chi connectivity index (χ1v) is 4.65. The number of carbonyl (C=O) groups excluding carboxylic acids is 1. The highest BCUT2D eigenvalue weighted by Gasteiger charge is 2.10. The largest absolute Gasteiger partial charge is 0.462 e. The second kappa shape index (κ2) is 5.05. The van der Waals surface area contributed by atoms with E-state index in [1.54, 1.807) is 6.92 Å². The van der Waals surface area contributed by atoms with Crippen molar-refractivity contribution < 1.29 is 9.53 Å².